The van der Waals surface area contributed by atoms with Gasteiger partial charge in [-0.25, -0.2) is 4.39 Å². The van der Waals surface area contributed by atoms with Crippen molar-refractivity contribution in [1.29, 1.82) is 0 Å². The molecule has 0 bridgehead atoms. The number of carbonyl (C=O) groups excluding carboxylic acids is 1. The van der Waals surface area contributed by atoms with Gasteiger partial charge in [0, 0.05) is 12.6 Å². The van der Waals surface area contributed by atoms with Crippen molar-refractivity contribution in [3.05, 3.63) is 53.3 Å². The summed E-state index contributed by atoms with van der Waals surface area (Å²) in [5.74, 6) is -0.919. The Morgan fingerprint density at radius 1 is 1.18 bits per heavy atom. The molecule has 0 heterocycles. The average Bonchev–Trinajstić information content (AvgIpc) is 2.43. The molecule has 5 nitrogen and oxygen atoms in total. The van der Waals surface area contributed by atoms with Crippen LogP contribution in [0, 0.1) is 5.82 Å². The predicted molar refractivity (Wildman–Crippen MR) is 80.0 cm³/mol. The summed E-state index contributed by atoms with van der Waals surface area (Å²) >= 11 is 5.56. The van der Waals surface area contributed by atoms with E-state index in [0.29, 0.717) is 5.69 Å². The lowest BCUT2D eigenvalue weighted by Crippen LogP contribution is -2.10. The van der Waals surface area contributed by atoms with Crippen LogP contribution in [0.4, 0.5) is 10.1 Å². The van der Waals surface area contributed by atoms with Gasteiger partial charge >= 0.3 is 10.1 Å². The van der Waals surface area contributed by atoms with Crippen molar-refractivity contribution in [3.8, 4) is 5.75 Å². The van der Waals surface area contributed by atoms with Gasteiger partial charge in [-0.05, 0) is 42.5 Å². The molecule has 0 aliphatic carbocycles. The zero-order chi connectivity index (χ0) is 16.3. The van der Waals surface area contributed by atoms with E-state index in [1.807, 2.05) is 0 Å². The molecule has 116 valence electrons. The minimum Gasteiger partial charge on any atom is -0.379 e. The number of hydrogen-bond acceptors (Lipinski definition) is 4. The van der Waals surface area contributed by atoms with Gasteiger partial charge in [0.2, 0.25) is 5.91 Å². The SMILES string of the molecule is CC(=O)Nc1ccc(OS(=O)(=O)c2ccc(F)c(Cl)c2)cc1. The lowest BCUT2D eigenvalue weighted by Gasteiger charge is -2.08. The first kappa shape index (κ1) is 16.3. The monoisotopic (exact) mass is 343 g/mol. The molecule has 0 unspecified atom stereocenters. The Bertz CT molecular complexity index is 806. The van der Waals surface area contributed by atoms with E-state index in [-0.39, 0.29) is 21.6 Å². The molecule has 0 fully saturated rings. The smallest absolute Gasteiger partial charge is 0.339 e. The van der Waals surface area contributed by atoms with Gasteiger partial charge in [0.1, 0.15) is 16.5 Å². The Morgan fingerprint density at radius 2 is 1.82 bits per heavy atom. The molecule has 0 aliphatic heterocycles. The summed E-state index contributed by atoms with van der Waals surface area (Å²) in [5.41, 5.74) is 0.502. The topological polar surface area (TPSA) is 72.5 Å². The predicted octanol–water partition coefficient (Wildman–Crippen LogP) is 3.21. The molecule has 0 radical (unpaired) electrons. The van der Waals surface area contributed by atoms with Gasteiger partial charge in [-0.1, -0.05) is 11.6 Å². The Hall–Kier alpha value is -2.12. The van der Waals surface area contributed by atoms with Crippen LogP contribution >= 0.6 is 11.6 Å². The van der Waals surface area contributed by atoms with Gasteiger partial charge in [-0.3, -0.25) is 4.79 Å². The van der Waals surface area contributed by atoms with Crippen LogP contribution < -0.4 is 9.50 Å². The number of hydrogen-bond donors (Lipinski definition) is 1. The van der Waals surface area contributed by atoms with Crippen molar-refractivity contribution >= 4 is 33.3 Å². The van der Waals surface area contributed by atoms with Crippen LogP contribution in [0.5, 0.6) is 5.75 Å². The van der Waals surface area contributed by atoms with E-state index in [1.165, 1.54) is 31.2 Å². The molecule has 8 heteroatoms. The molecule has 1 N–H and O–H groups in total. The lowest BCUT2D eigenvalue weighted by molar-refractivity contribution is -0.114. The van der Waals surface area contributed by atoms with Crippen LogP contribution in [0.25, 0.3) is 0 Å². The lowest BCUT2D eigenvalue weighted by atomic mass is 10.3. The van der Waals surface area contributed by atoms with E-state index in [2.05, 4.69) is 5.32 Å². The zero-order valence-corrected chi connectivity index (χ0v) is 12.9. The van der Waals surface area contributed by atoms with Crippen molar-refractivity contribution < 1.29 is 21.8 Å². The molecule has 0 aliphatic rings. The molecule has 0 spiro atoms. The maximum Gasteiger partial charge on any atom is 0.339 e. The van der Waals surface area contributed by atoms with Crippen LogP contribution in [-0.2, 0) is 14.9 Å². The molecule has 1 amide bonds. The summed E-state index contributed by atoms with van der Waals surface area (Å²) in [7, 11) is -4.13. The second-order valence-electron chi connectivity index (χ2n) is 4.32. The Labute approximate surface area is 131 Å². The van der Waals surface area contributed by atoms with Gasteiger partial charge in [0.25, 0.3) is 0 Å². The summed E-state index contributed by atoms with van der Waals surface area (Å²) < 4.78 is 42.1. The highest BCUT2D eigenvalue weighted by atomic mass is 35.5. The number of rotatable bonds is 4. The Kier molecular flexibility index (Phi) is 4.68. The number of anilines is 1. The first-order valence-corrected chi connectivity index (χ1v) is 7.84. The van der Waals surface area contributed by atoms with Crippen LogP contribution in [0.15, 0.2) is 47.4 Å². The highest BCUT2D eigenvalue weighted by Crippen LogP contribution is 2.24. The first-order chi connectivity index (χ1) is 10.3. The van der Waals surface area contributed by atoms with Crippen LogP contribution in [-0.4, -0.2) is 14.3 Å². The van der Waals surface area contributed by atoms with E-state index in [4.69, 9.17) is 15.8 Å². The third-order valence-electron chi connectivity index (χ3n) is 2.56. The van der Waals surface area contributed by atoms with Crippen molar-refractivity contribution in [1.82, 2.24) is 0 Å². The first-order valence-electron chi connectivity index (χ1n) is 6.05. The van der Waals surface area contributed by atoms with E-state index in [0.717, 1.165) is 18.2 Å². The summed E-state index contributed by atoms with van der Waals surface area (Å²) in [4.78, 5) is 10.6. The Morgan fingerprint density at radius 3 is 2.36 bits per heavy atom. The standard InChI is InChI=1S/C14H11ClFNO4S/c1-9(18)17-10-2-4-11(5-3-10)21-22(19,20)12-6-7-14(16)13(15)8-12/h2-8H,1H3,(H,17,18). The number of carbonyl (C=O) groups is 1. The fourth-order valence-electron chi connectivity index (χ4n) is 1.60. The third kappa shape index (κ3) is 3.96. The largest absolute Gasteiger partial charge is 0.379 e. The minimum atomic E-state index is -4.13. The van der Waals surface area contributed by atoms with Gasteiger partial charge < -0.3 is 9.50 Å². The molecule has 0 saturated carbocycles. The van der Waals surface area contributed by atoms with Gasteiger partial charge in [-0.15, -0.1) is 0 Å². The van der Waals surface area contributed by atoms with E-state index in [1.54, 1.807) is 0 Å². The fourth-order valence-corrected chi connectivity index (χ4v) is 2.81. The molecule has 0 aromatic heterocycles. The molecule has 2 aromatic rings. The maximum atomic E-state index is 13.1. The normalized spacial score (nSPS) is 11.0. The van der Waals surface area contributed by atoms with Crippen LogP contribution in [0.1, 0.15) is 6.92 Å². The molecular weight excluding hydrogens is 333 g/mol. The highest BCUT2D eigenvalue weighted by molar-refractivity contribution is 7.87. The molecule has 22 heavy (non-hydrogen) atoms. The molecule has 2 rings (SSSR count). The molecular formula is C14H11ClFNO4S. The van der Waals surface area contributed by atoms with Crippen molar-refractivity contribution in [2.75, 3.05) is 5.32 Å². The van der Waals surface area contributed by atoms with Gasteiger partial charge in [0.15, 0.2) is 0 Å². The second-order valence-corrected chi connectivity index (χ2v) is 6.27. The van der Waals surface area contributed by atoms with E-state index >= 15 is 0 Å². The highest BCUT2D eigenvalue weighted by Gasteiger charge is 2.18. The number of halogens is 2. The quantitative estimate of drug-likeness (QED) is 0.865. The molecule has 2 aromatic carbocycles. The minimum absolute atomic E-state index is 0.0505. The van der Waals surface area contributed by atoms with E-state index < -0.39 is 15.9 Å². The summed E-state index contributed by atoms with van der Waals surface area (Å²) in [6.45, 7) is 1.35. The third-order valence-corrected chi connectivity index (χ3v) is 4.09. The van der Waals surface area contributed by atoms with Gasteiger partial charge in [-0.2, -0.15) is 8.42 Å². The van der Waals surface area contributed by atoms with Gasteiger partial charge in [0.05, 0.1) is 5.02 Å². The van der Waals surface area contributed by atoms with Crippen molar-refractivity contribution in [2.24, 2.45) is 0 Å². The maximum absolute atomic E-state index is 13.1. The van der Waals surface area contributed by atoms with Crippen LogP contribution in [0.3, 0.4) is 0 Å². The van der Waals surface area contributed by atoms with E-state index in [9.17, 15) is 17.6 Å². The van der Waals surface area contributed by atoms with Crippen molar-refractivity contribution in [2.45, 2.75) is 11.8 Å². The Balaban J connectivity index is 2.21. The summed E-state index contributed by atoms with van der Waals surface area (Å²) in [6.07, 6.45) is 0. The molecule has 0 saturated heterocycles. The van der Waals surface area contributed by atoms with Crippen LogP contribution in [0.2, 0.25) is 5.02 Å². The molecule has 0 atom stereocenters. The second kappa shape index (κ2) is 6.33. The van der Waals surface area contributed by atoms with Crippen molar-refractivity contribution in [3.63, 3.8) is 0 Å². The zero-order valence-electron chi connectivity index (χ0n) is 11.3. The fraction of sp³-hybridized carbons (Fsp3) is 0.0714. The summed E-state index contributed by atoms with van der Waals surface area (Å²) in [6, 6.07) is 8.72. The average molecular weight is 344 g/mol. The number of benzene rings is 2. The summed E-state index contributed by atoms with van der Waals surface area (Å²) in [5, 5.41) is 2.22. The number of nitrogens with one attached hydrogen (secondary N) is 1. The number of amides is 1.